The third kappa shape index (κ3) is 8.77. The predicted octanol–water partition coefficient (Wildman–Crippen LogP) is 12.2. The predicted molar refractivity (Wildman–Crippen MR) is 177 cm³/mol. The summed E-state index contributed by atoms with van der Waals surface area (Å²) in [5.41, 5.74) is -5.34. The Bertz CT molecular complexity index is 2240. The van der Waals surface area contributed by atoms with Crippen LogP contribution in [0.15, 0.2) is 77.8 Å². The zero-order valence-electron chi connectivity index (χ0n) is 29.2. The standard InChI is InChI=1S/C40H27F13O3/c1-4-5-19(2)21-7-9-25(27(41)12-21)22-13-29(43)36(30(44)14-22)39(50,51)55-23-16-31(45)37(32(46)17-23)40(52,53)56-24-15-28(42)26(35(18-24)54-3)8-6-20-10-33(47)38(49)34(48)11-20/h7,9-16,18-19,32H,4-5,17H2,1-3H3. The topological polar surface area (TPSA) is 27.7 Å². The van der Waals surface area contributed by atoms with Crippen LogP contribution in [0.1, 0.15) is 61.3 Å². The molecule has 16 heteroatoms. The maximum atomic E-state index is 15.2. The van der Waals surface area contributed by atoms with Gasteiger partial charge in [-0.05, 0) is 53.8 Å². The molecule has 0 fully saturated rings. The number of hydrogen-bond acceptors (Lipinski definition) is 3. The minimum atomic E-state index is -4.97. The Balaban J connectivity index is 1.37. The van der Waals surface area contributed by atoms with E-state index in [1.165, 1.54) is 12.1 Å². The summed E-state index contributed by atoms with van der Waals surface area (Å²) in [4.78, 5) is 0. The SMILES string of the molecule is CCCC(C)c1ccc(-c2cc(F)c(C(F)(F)OC3=CC(F)=C(C(F)(F)Oc4cc(F)c(C#Cc5cc(F)c(F)c(F)c5)c(OC)c4)C(F)C3)c(F)c2)c(F)c1. The van der Waals surface area contributed by atoms with Crippen molar-refractivity contribution in [3.63, 3.8) is 0 Å². The van der Waals surface area contributed by atoms with Crippen LogP contribution in [0.2, 0.25) is 0 Å². The van der Waals surface area contributed by atoms with Crippen LogP contribution < -0.4 is 9.47 Å². The third-order valence-electron chi connectivity index (χ3n) is 8.55. The maximum absolute atomic E-state index is 15.2. The summed E-state index contributed by atoms with van der Waals surface area (Å²) >= 11 is 0. The van der Waals surface area contributed by atoms with Crippen molar-refractivity contribution < 1.29 is 71.3 Å². The van der Waals surface area contributed by atoms with Gasteiger partial charge >= 0.3 is 12.2 Å². The number of halogens is 13. The van der Waals surface area contributed by atoms with Crippen molar-refractivity contribution in [2.75, 3.05) is 7.11 Å². The second-order valence-corrected chi connectivity index (χ2v) is 12.5. The fourth-order valence-corrected chi connectivity index (χ4v) is 5.86. The van der Waals surface area contributed by atoms with E-state index in [2.05, 4.69) is 21.3 Å². The molecule has 4 aromatic carbocycles. The molecule has 4 aromatic rings. The first-order chi connectivity index (χ1) is 26.3. The van der Waals surface area contributed by atoms with Crippen LogP contribution in [-0.4, -0.2) is 19.4 Å². The highest BCUT2D eigenvalue weighted by Crippen LogP contribution is 2.44. The van der Waals surface area contributed by atoms with Crippen molar-refractivity contribution in [3.8, 4) is 34.5 Å². The Morgan fingerprint density at radius 3 is 1.96 bits per heavy atom. The Morgan fingerprint density at radius 1 is 0.750 bits per heavy atom. The zero-order chi connectivity index (χ0) is 41.3. The van der Waals surface area contributed by atoms with Crippen LogP contribution in [-0.2, 0) is 10.8 Å². The average Bonchev–Trinajstić information content (AvgIpc) is 3.08. The third-order valence-corrected chi connectivity index (χ3v) is 8.55. The maximum Gasteiger partial charge on any atom is 0.432 e. The van der Waals surface area contributed by atoms with Crippen molar-refractivity contribution in [2.45, 2.75) is 57.4 Å². The first-order valence-corrected chi connectivity index (χ1v) is 16.5. The minimum Gasteiger partial charge on any atom is -0.495 e. The summed E-state index contributed by atoms with van der Waals surface area (Å²) < 4.78 is 204. The summed E-state index contributed by atoms with van der Waals surface area (Å²) in [7, 11) is 0.932. The molecule has 1 aliphatic rings. The van der Waals surface area contributed by atoms with Crippen LogP contribution in [0.4, 0.5) is 57.1 Å². The molecule has 2 unspecified atom stereocenters. The second-order valence-electron chi connectivity index (χ2n) is 12.5. The van der Waals surface area contributed by atoms with Crippen molar-refractivity contribution in [3.05, 3.63) is 141 Å². The highest BCUT2D eigenvalue weighted by molar-refractivity contribution is 5.65. The van der Waals surface area contributed by atoms with Gasteiger partial charge in [-0.2, -0.15) is 17.6 Å². The molecule has 5 rings (SSSR count). The zero-order valence-corrected chi connectivity index (χ0v) is 29.2. The van der Waals surface area contributed by atoms with Gasteiger partial charge < -0.3 is 14.2 Å². The molecule has 296 valence electrons. The lowest BCUT2D eigenvalue weighted by Crippen LogP contribution is -2.35. The van der Waals surface area contributed by atoms with E-state index < -0.39 is 116 Å². The molecule has 56 heavy (non-hydrogen) atoms. The van der Waals surface area contributed by atoms with E-state index in [9.17, 15) is 22.0 Å². The van der Waals surface area contributed by atoms with E-state index >= 15 is 35.1 Å². The van der Waals surface area contributed by atoms with E-state index in [0.29, 0.717) is 35.9 Å². The highest BCUT2D eigenvalue weighted by atomic mass is 19.3. The number of allylic oxidation sites excluding steroid dienone is 3. The first kappa shape index (κ1) is 41.6. The Kier molecular flexibility index (Phi) is 12.1. The van der Waals surface area contributed by atoms with Gasteiger partial charge in [-0.25, -0.2) is 39.5 Å². The van der Waals surface area contributed by atoms with Gasteiger partial charge in [0.25, 0.3) is 0 Å². The average molecular weight is 803 g/mol. The Labute approximate surface area is 311 Å². The van der Waals surface area contributed by atoms with Crippen molar-refractivity contribution >= 4 is 0 Å². The lowest BCUT2D eigenvalue weighted by molar-refractivity contribution is -0.230. The summed E-state index contributed by atoms with van der Waals surface area (Å²) in [6.45, 7) is 3.77. The number of hydrogen-bond donors (Lipinski definition) is 0. The molecule has 0 aromatic heterocycles. The van der Waals surface area contributed by atoms with Crippen LogP contribution >= 0.6 is 0 Å². The fourth-order valence-electron chi connectivity index (χ4n) is 5.86. The fraction of sp³-hybridized carbons (Fsp3) is 0.250. The molecule has 0 aliphatic heterocycles. The normalized spacial score (nSPS) is 15.2. The van der Waals surface area contributed by atoms with Gasteiger partial charge in [-0.1, -0.05) is 44.2 Å². The summed E-state index contributed by atoms with van der Waals surface area (Å²) in [6.07, 6.45) is -13.1. The molecule has 0 radical (unpaired) electrons. The van der Waals surface area contributed by atoms with Gasteiger partial charge in [-0.15, -0.1) is 0 Å². The minimum absolute atomic E-state index is 0.0392. The molecule has 0 amide bonds. The monoisotopic (exact) mass is 802 g/mol. The summed E-state index contributed by atoms with van der Waals surface area (Å²) in [5, 5.41) is 0. The van der Waals surface area contributed by atoms with Gasteiger partial charge in [-0.3, -0.25) is 0 Å². The molecule has 1 aliphatic carbocycles. The van der Waals surface area contributed by atoms with E-state index in [4.69, 9.17) is 4.74 Å². The molecular formula is C40H27F13O3. The molecule has 0 saturated heterocycles. The molecule has 0 spiro atoms. The molecule has 0 saturated carbocycles. The number of alkyl halides is 5. The van der Waals surface area contributed by atoms with E-state index in [-0.39, 0.29) is 23.6 Å². The van der Waals surface area contributed by atoms with Gasteiger partial charge in [0.2, 0.25) is 0 Å². The number of ether oxygens (including phenoxy) is 3. The van der Waals surface area contributed by atoms with Crippen LogP contribution in [0.3, 0.4) is 0 Å². The van der Waals surface area contributed by atoms with E-state index in [0.717, 1.165) is 26.0 Å². The highest BCUT2D eigenvalue weighted by Gasteiger charge is 2.49. The van der Waals surface area contributed by atoms with Crippen LogP contribution in [0, 0.1) is 52.6 Å². The molecule has 2 atom stereocenters. The first-order valence-electron chi connectivity index (χ1n) is 16.5. The number of methoxy groups -OCH3 is 1. The van der Waals surface area contributed by atoms with Gasteiger partial charge in [0, 0.05) is 35.8 Å². The lowest BCUT2D eigenvalue weighted by Gasteiger charge is -2.28. The van der Waals surface area contributed by atoms with Gasteiger partial charge in [0.1, 0.15) is 69.2 Å². The van der Waals surface area contributed by atoms with Crippen molar-refractivity contribution in [2.24, 2.45) is 0 Å². The quantitative estimate of drug-likeness (QED) is 0.0859. The largest absolute Gasteiger partial charge is 0.495 e. The van der Waals surface area contributed by atoms with Crippen LogP contribution in [0.5, 0.6) is 11.5 Å². The van der Waals surface area contributed by atoms with Crippen LogP contribution in [0.25, 0.3) is 11.1 Å². The smallest absolute Gasteiger partial charge is 0.432 e. The van der Waals surface area contributed by atoms with E-state index in [1.807, 2.05) is 13.8 Å². The molecular weight excluding hydrogens is 775 g/mol. The Hall–Kier alpha value is -5.59. The summed E-state index contributed by atoms with van der Waals surface area (Å²) in [5.74, 6) is -12.1. The van der Waals surface area contributed by atoms with Gasteiger partial charge in [0.05, 0.1) is 7.11 Å². The lowest BCUT2D eigenvalue weighted by atomic mass is 9.93. The molecule has 0 N–H and O–H groups in total. The van der Waals surface area contributed by atoms with Crippen molar-refractivity contribution in [1.82, 2.24) is 0 Å². The number of rotatable bonds is 11. The van der Waals surface area contributed by atoms with E-state index in [1.54, 1.807) is 0 Å². The second kappa shape index (κ2) is 16.3. The molecule has 0 bridgehead atoms. The molecule has 0 heterocycles. The van der Waals surface area contributed by atoms with Gasteiger partial charge in [0.15, 0.2) is 17.5 Å². The number of benzene rings is 4. The van der Waals surface area contributed by atoms with Crippen molar-refractivity contribution in [1.29, 1.82) is 0 Å². The Morgan fingerprint density at radius 2 is 1.39 bits per heavy atom. The summed E-state index contributed by atoms with van der Waals surface area (Å²) in [6, 6.07) is 6.58. The molecule has 3 nitrogen and oxygen atoms in total.